The first-order valence-electron chi connectivity index (χ1n) is 10.6. The standard InChI is InChI=1S/C25H24ClN3O4/c1-33-22-10-9-20(26)13-21(22)29-16-19(12-24(29)31)25(32)27-14-17-5-7-18(8-6-17)15-28-11-3-2-4-23(28)30/h2-11,13,19H,12,14-16H2,1H3,(H,27,32). The van der Waals surface area contributed by atoms with Gasteiger partial charge in [-0.25, -0.2) is 0 Å². The first-order valence-corrected chi connectivity index (χ1v) is 11.0. The molecule has 1 aliphatic heterocycles. The van der Waals surface area contributed by atoms with E-state index >= 15 is 0 Å². The van der Waals surface area contributed by atoms with E-state index in [9.17, 15) is 14.4 Å². The zero-order valence-corrected chi connectivity index (χ0v) is 18.9. The number of hydrogen-bond donors (Lipinski definition) is 1. The van der Waals surface area contributed by atoms with E-state index in [2.05, 4.69) is 5.32 Å². The summed E-state index contributed by atoms with van der Waals surface area (Å²) in [4.78, 5) is 38.7. The molecule has 1 saturated heterocycles. The van der Waals surface area contributed by atoms with Crippen LogP contribution in [-0.2, 0) is 22.7 Å². The Morgan fingerprint density at radius 1 is 1.09 bits per heavy atom. The molecule has 0 bridgehead atoms. The summed E-state index contributed by atoms with van der Waals surface area (Å²) in [7, 11) is 1.53. The molecule has 1 fully saturated rings. The number of ether oxygens (including phenoxy) is 1. The smallest absolute Gasteiger partial charge is 0.250 e. The van der Waals surface area contributed by atoms with Crippen LogP contribution in [0.25, 0.3) is 0 Å². The minimum atomic E-state index is -0.453. The van der Waals surface area contributed by atoms with Crippen LogP contribution in [0.1, 0.15) is 17.5 Å². The molecule has 1 aliphatic rings. The molecule has 0 radical (unpaired) electrons. The Bertz CT molecular complexity index is 1220. The number of pyridine rings is 1. The summed E-state index contributed by atoms with van der Waals surface area (Å²) in [6, 6.07) is 17.9. The monoisotopic (exact) mass is 465 g/mol. The van der Waals surface area contributed by atoms with E-state index in [1.54, 1.807) is 39.9 Å². The number of carbonyl (C=O) groups is 2. The average Bonchev–Trinajstić information content (AvgIpc) is 3.21. The van der Waals surface area contributed by atoms with Crippen molar-refractivity contribution in [2.75, 3.05) is 18.6 Å². The third-order valence-electron chi connectivity index (χ3n) is 5.67. The highest BCUT2D eigenvalue weighted by molar-refractivity contribution is 6.31. The van der Waals surface area contributed by atoms with E-state index in [1.807, 2.05) is 30.3 Å². The predicted molar refractivity (Wildman–Crippen MR) is 127 cm³/mol. The molecule has 1 unspecified atom stereocenters. The molecule has 1 N–H and O–H groups in total. The van der Waals surface area contributed by atoms with Crippen molar-refractivity contribution in [3.63, 3.8) is 0 Å². The van der Waals surface area contributed by atoms with Crippen molar-refractivity contribution in [3.05, 3.63) is 93.4 Å². The fourth-order valence-electron chi connectivity index (χ4n) is 3.87. The fraction of sp³-hybridized carbons (Fsp3) is 0.240. The Kier molecular flexibility index (Phi) is 6.79. The maximum Gasteiger partial charge on any atom is 0.250 e. The summed E-state index contributed by atoms with van der Waals surface area (Å²) in [5.74, 6) is -0.236. The lowest BCUT2D eigenvalue weighted by molar-refractivity contribution is -0.126. The molecule has 2 heterocycles. The van der Waals surface area contributed by atoms with Gasteiger partial charge in [-0.15, -0.1) is 0 Å². The number of anilines is 1. The van der Waals surface area contributed by atoms with Crippen LogP contribution < -0.4 is 20.5 Å². The first-order chi connectivity index (χ1) is 15.9. The van der Waals surface area contributed by atoms with E-state index in [4.69, 9.17) is 16.3 Å². The highest BCUT2D eigenvalue weighted by Gasteiger charge is 2.36. The zero-order chi connectivity index (χ0) is 23.4. The summed E-state index contributed by atoms with van der Waals surface area (Å²) < 4.78 is 6.98. The highest BCUT2D eigenvalue weighted by atomic mass is 35.5. The van der Waals surface area contributed by atoms with Gasteiger partial charge in [-0.2, -0.15) is 0 Å². The maximum absolute atomic E-state index is 12.7. The Balaban J connectivity index is 1.35. The Hall–Kier alpha value is -3.58. The molecule has 2 amide bonds. The molecule has 0 spiro atoms. The SMILES string of the molecule is COc1ccc(Cl)cc1N1CC(C(=O)NCc2ccc(Cn3ccccc3=O)cc2)CC1=O. The largest absolute Gasteiger partial charge is 0.495 e. The number of amides is 2. The molecular formula is C25H24ClN3O4. The van der Waals surface area contributed by atoms with E-state index in [0.29, 0.717) is 29.5 Å². The van der Waals surface area contributed by atoms with Gasteiger partial charge in [0, 0.05) is 36.8 Å². The molecule has 1 atom stereocenters. The predicted octanol–water partition coefficient (Wildman–Crippen LogP) is 3.23. The fourth-order valence-corrected chi connectivity index (χ4v) is 4.04. The minimum Gasteiger partial charge on any atom is -0.495 e. The highest BCUT2D eigenvalue weighted by Crippen LogP contribution is 2.35. The van der Waals surface area contributed by atoms with Gasteiger partial charge < -0.3 is 19.5 Å². The van der Waals surface area contributed by atoms with Gasteiger partial charge in [-0.05, 0) is 35.4 Å². The van der Waals surface area contributed by atoms with Gasteiger partial charge in [0.15, 0.2) is 0 Å². The van der Waals surface area contributed by atoms with Crippen molar-refractivity contribution >= 4 is 29.1 Å². The van der Waals surface area contributed by atoms with E-state index in [0.717, 1.165) is 11.1 Å². The van der Waals surface area contributed by atoms with E-state index in [1.165, 1.54) is 13.2 Å². The lowest BCUT2D eigenvalue weighted by atomic mass is 10.1. The van der Waals surface area contributed by atoms with Gasteiger partial charge in [0.05, 0.1) is 25.3 Å². The number of rotatable bonds is 7. The number of carbonyl (C=O) groups excluding carboxylic acids is 2. The number of nitrogens with one attached hydrogen (secondary N) is 1. The number of halogens is 1. The van der Waals surface area contributed by atoms with Crippen molar-refractivity contribution in [1.29, 1.82) is 0 Å². The molecule has 1 aromatic heterocycles. The number of methoxy groups -OCH3 is 1. The summed E-state index contributed by atoms with van der Waals surface area (Å²) >= 11 is 6.09. The minimum absolute atomic E-state index is 0.0515. The second kappa shape index (κ2) is 9.92. The molecule has 8 heteroatoms. The molecule has 33 heavy (non-hydrogen) atoms. The lowest BCUT2D eigenvalue weighted by Crippen LogP contribution is -2.32. The van der Waals surface area contributed by atoms with Crippen molar-refractivity contribution in [1.82, 2.24) is 9.88 Å². The summed E-state index contributed by atoms with van der Waals surface area (Å²) in [5.41, 5.74) is 2.44. The van der Waals surface area contributed by atoms with E-state index < -0.39 is 5.92 Å². The van der Waals surface area contributed by atoms with Crippen LogP contribution in [0.4, 0.5) is 5.69 Å². The van der Waals surface area contributed by atoms with Gasteiger partial charge >= 0.3 is 0 Å². The third-order valence-corrected chi connectivity index (χ3v) is 5.90. The van der Waals surface area contributed by atoms with Crippen molar-refractivity contribution in [3.8, 4) is 5.75 Å². The van der Waals surface area contributed by atoms with Gasteiger partial charge in [0.25, 0.3) is 5.56 Å². The van der Waals surface area contributed by atoms with Crippen LogP contribution in [0.2, 0.25) is 5.02 Å². The Morgan fingerprint density at radius 3 is 2.58 bits per heavy atom. The molecule has 3 aromatic rings. The van der Waals surface area contributed by atoms with Crippen LogP contribution >= 0.6 is 11.6 Å². The molecule has 4 rings (SSSR count). The van der Waals surface area contributed by atoms with Crippen LogP contribution in [0, 0.1) is 5.92 Å². The summed E-state index contributed by atoms with van der Waals surface area (Å²) in [5, 5.41) is 3.41. The summed E-state index contributed by atoms with van der Waals surface area (Å²) in [6.45, 7) is 1.11. The molecule has 0 saturated carbocycles. The quantitative estimate of drug-likeness (QED) is 0.581. The lowest BCUT2D eigenvalue weighted by Gasteiger charge is -2.20. The van der Waals surface area contributed by atoms with E-state index in [-0.39, 0.29) is 30.3 Å². The number of aromatic nitrogens is 1. The number of nitrogens with zero attached hydrogens (tertiary/aromatic N) is 2. The topological polar surface area (TPSA) is 80.6 Å². The van der Waals surface area contributed by atoms with Crippen LogP contribution in [0.5, 0.6) is 5.75 Å². The maximum atomic E-state index is 12.7. The first kappa shape index (κ1) is 22.6. The van der Waals surface area contributed by atoms with Crippen molar-refractivity contribution in [2.24, 2.45) is 5.92 Å². The van der Waals surface area contributed by atoms with Gasteiger partial charge in [-0.3, -0.25) is 14.4 Å². The third kappa shape index (κ3) is 5.26. The second-order valence-electron chi connectivity index (χ2n) is 7.92. The second-order valence-corrected chi connectivity index (χ2v) is 8.36. The van der Waals surface area contributed by atoms with Crippen molar-refractivity contribution in [2.45, 2.75) is 19.5 Å². The van der Waals surface area contributed by atoms with Crippen LogP contribution in [-0.4, -0.2) is 30.0 Å². The van der Waals surface area contributed by atoms with Gasteiger partial charge in [-0.1, -0.05) is 41.9 Å². The molecule has 170 valence electrons. The Morgan fingerprint density at radius 2 is 1.85 bits per heavy atom. The van der Waals surface area contributed by atoms with Crippen LogP contribution in [0.15, 0.2) is 71.7 Å². The molecule has 2 aromatic carbocycles. The van der Waals surface area contributed by atoms with Gasteiger partial charge in [0.1, 0.15) is 5.75 Å². The molecule has 7 nitrogen and oxygen atoms in total. The molecule has 0 aliphatic carbocycles. The van der Waals surface area contributed by atoms with Crippen molar-refractivity contribution < 1.29 is 14.3 Å². The summed E-state index contributed by atoms with van der Waals surface area (Å²) in [6.07, 6.45) is 1.88. The average molecular weight is 466 g/mol. The normalized spacial score (nSPS) is 15.5. The van der Waals surface area contributed by atoms with Gasteiger partial charge in [0.2, 0.25) is 11.8 Å². The van der Waals surface area contributed by atoms with Crippen LogP contribution in [0.3, 0.4) is 0 Å². The number of benzene rings is 2. The Labute approximate surface area is 196 Å². The molecular weight excluding hydrogens is 442 g/mol. The zero-order valence-electron chi connectivity index (χ0n) is 18.2. The number of hydrogen-bond acceptors (Lipinski definition) is 4.